The van der Waals surface area contributed by atoms with Gasteiger partial charge in [0.1, 0.15) is 19.0 Å². The molecule has 1 aromatic heterocycles. The topological polar surface area (TPSA) is 84.0 Å². The minimum absolute atomic E-state index is 0.108. The van der Waals surface area contributed by atoms with Crippen molar-refractivity contribution in [1.82, 2.24) is 9.88 Å². The van der Waals surface area contributed by atoms with Gasteiger partial charge in [-0.3, -0.25) is 4.72 Å². The van der Waals surface area contributed by atoms with Crippen LogP contribution in [0.3, 0.4) is 0 Å². The predicted molar refractivity (Wildman–Crippen MR) is 102 cm³/mol. The Hall–Kier alpha value is -2.52. The van der Waals surface area contributed by atoms with Crippen LogP contribution in [0.4, 0.5) is 11.5 Å². The SMILES string of the molecule is CN1CCN(c2ccc(NS(=O)(=O)c3ccc4c(c3)OCCO4)nc2)CC1. The van der Waals surface area contributed by atoms with Crippen molar-refractivity contribution in [2.45, 2.75) is 4.90 Å². The number of likely N-dealkylation sites (N-methyl/N-ethyl adjacent to an activating group) is 1. The molecule has 0 aliphatic carbocycles. The smallest absolute Gasteiger partial charge is 0.263 e. The molecule has 1 aromatic carbocycles. The number of benzene rings is 1. The number of pyridine rings is 1. The molecule has 0 saturated carbocycles. The highest BCUT2D eigenvalue weighted by Crippen LogP contribution is 2.32. The number of rotatable bonds is 4. The lowest BCUT2D eigenvalue weighted by Crippen LogP contribution is -2.44. The Bertz CT molecular complexity index is 909. The van der Waals surface area contributed by atoms with Crippen molar-refractivity contribution < 1.29 is 17.9 Å². The number of aromatic nitrogens is 1. The first kappa shape index (κ1) is 17.9. The lowest BCUT2D eigenvalue weighted by atomic mass is 10.3. The molecule has 0 spiro atoms. The highest BCUT2D eigenvalue weighted by atomic mass is 32.2. The van der Waals surface area contributed by atoms with E-state index >= 15 is 0 Å². The standard InChI is InChI=1S/C18H22N4O4S/c1-21-6-8-22(9-7-21)14-2-5-18(19-13-14)20-27(23,24)15-3-4-16-17(12-15)26-11-10-25-16/h2-5,12-13H,6-11H2,1H3,(H,19,20). The van der Waals surface area contributed by atoms with E-state index in [-0.39, 0.29) is 10.7 Å². The largest absolute Gasteiger partial charge is 0.486 e. The van der Waals surface area contributed by atoms with Crippen molar-refractivity contribution in [3.8, 4) is 11.5 Å². The first-order valence-corrected chi connectivity index (χ1v) is 10.3. The molecule has 144 valence electrons. The molecular formula is C18H22N4O4S. The van der Waals surface area contributed by atoms with Crippen molar-refractivity contribution in [2.75, 3.05) is 56.1 Å². The molecule has 0 unspecified atom stereocenters. The Labute approximate surface area is 158 Å². The fourth-order valence-electron chi connectivity index (χ4n) is 3.09. The maximum Gasteiger partial charge on any atom is 0.263 e. The highest BCUT2D eigenvalue weighted by molar-refractivity contribution is 7.92. The molecule has 27 heavy (non-hydrogen) atoms. The van der Waals surface area contributed by atoms with Crippen LogP contribution in [0.15, 0.2) is 41.4 Å². The Morgan fingerprint density at radius 3 is 2.44 bits per heavy atom. The second-order valence-corrected chi connectivity index (χ2v) is 8.29. The summed E-state index contributed by atoms with van der Waals surface area (Å²) in [4.78, 5) is 8.90. The zero-order chi connectivity index (χ0) is 18.9. The van der Waals surface area contributed by atoms with Crippen LogP contribution in [0.1, 0.15) is 0 Å². The lowest BCUT2D eigenvalue weighted by Gasteiger charge is -2.33. The van der Waals surface area contributed by atoms with E-state index in [1.165, 1.54) is 12.1 Å². The zero-order valence-electron chi connectivity index (χ0n) is 15.1. The number of fused-ring (bicyclic) bond motifs is 1. The molecular weight excluding hydrogens is 368 g/mol. The quantitative estimate of drug-likeness (QED) is 0.845. The molecule has 0 radical (unpaired) electrons. The third-order valence-corrected chi connectivity index (χ3v) is 6.03. The van der Waals surface area contributed by atoms with E-state index in [0.29, 0.717) is 24.7 Å². The third kappa shape index (κ3) is 3.93. The van der Waals surface area contributed by atoms with Crippen LogP contribution in [0.2, 0.25) is 0 Å². The molecule has 2 aliphatic rings. The van der Waals surface area contributed by atoms with Crippen LogP contribution in [-0.4, -0.2) is 64.7 Å². The van der Waals surface area contributed by atoms with E-state index < -0.39 is 10.0 Å². The van der Waals surface area contributed by atoms with E-state index in [2.05, 4.69) is 26.6 Å². The number of hydrogen-bond acceptors (Lipinski definition) is 7. The molecule has 8 nitrogen and oxygen atoms in total. The summed E-state index contributed by atoms with van der Waals surface area (Å²) < 4.78 is 38.7. The van der Waals surface area contributed by atoms with Gasteiger partial charge in [-0.15, -0.1) is 0 Å². The van der Waals surface area contributed by atoms with E-state index in [4.69, 9.17) is 9.47 Å². The van der Waals surface area contributed by atoms with Crippen LogP contribution < -0.4 is 19.1 Å². The minimum atomic E-state index is -3.76. The highest BCUT2D eigenvalue weighted by Gasteiger charge is 2.20. The predicted octanol–water partition coefficient (Wildman–Crippen LogP) is 1.41. The summed E-state index contributed by atoms with van der Waals surface area (Å²) in [6, 6.07) is 8.14. The molecule has 2 aliphatic heterocycles. The van der Waals surface area contributed by atoms with E-state index in [1.54, 1.807) is 18.3 Å². The van der Waals surface area contributed by atoms with Crippen LogP contribution in [-0.2, 0) is 10.0 Å². The van der Waals surface area contributed by atoms with Crippen LogP contribution >= 0.6 is 0 Å². The second-order valence-electron chi connectivity index (χ2n) is 6.60. The van der Waals surface area contributed by atoms with Gasteiger partial charge in [0.25, 0.3) is 10.0 Å². The number of anilines is 2. The number of ether oxygens (including phenoxy) is 2. The van der Waals surface area contributed by atoms with Crippen molar-refractivity contribution in [3.05, 3.63) is 36.5 Å². The van der Waals surface area contributed by atoms with Gasteiger partial charge in [0.05, 0.1) is 16.8 Å². The van der Waals surface area contributed by atoms with Crippen molar-refractivity contribution in [2.24, 2.45) is 0 Å². The Morgan fingerprint density at radius 2 is 1.74 bits per heavy atom. The molecule has 0 amide bonds. The van der Waals surface area contributed by atoms with Crippen LogP contribution in [0.5, 0.6) is 11.5 Å². The van der Waals surface area contributed by atoms with Gasteiger partial charge < -0.3 is 19.3 Å². The van der Waals surface area contributed by atoms with Gasteiger partial charge >= 0.3 is 0 Å². The monoisotopic (exact) mass is 390 g/mol. The fourth-order valence-corrected chi connectivity index (χ4v) is 4.11. The molecule has 2 aromatic rings. The van der Waals surface area contributed by atoms with Gasteiger partial charge in [-0.05, 0) is 31.3 Å². The summed E-state index contributed by atoms with van der Waals surface area (Å²) in [7, 11) is -1.66. The van der Waals surface area contributed by atoms with Gasteiger partial charge in [0.15, 0.2) is 11.5 Å². The number of nitrogens with zero attached hydrogens (tertiary/aromatic N) is 3. The summed E-state index contributed by atoms with van der Waals surface area (Å²) >= 11 is 0. The maximum absolute atomic E-state index is 12.6. The lowest BCUT2D eigenvalue weighted by molar-refractivity contribution is 0.171. The van der Waals surface area contributed by atoms with Gasteiger partial charge in [-0.1, -0.05) is 0 Å². The van der Waals surface area contributed by atoms with Gasteiger partial charge in [0, 0.05) is 32.2 Å². The van der Waals surface area contributed by atoms with Gasteiger partial charge in [-0.2, -0.15) is 0 Å². The maximum atomic E-state index is 12.6. The average molecular weight is 390 g/mol. The van der Waals surface area contributed by atoms with Crippen molar-refractivity contribution >= 4 is 21.5 Å². The van der Waals surface area contributed by atoms with E-state index in [0.717, 1.165) is 31.9 Å². The molecule has 4 rings (SSSR count). The summed E-state index contributed by atoms with van der Waals surface area (Å²) in [6.07, 6.45) is 1.70. The summed E-state index contributed by atoms with van der Waals surface area (Å²) in [5, 5.41) is 0. The Kier molecular flexibility index (Phi) is 4.79. The molecule has 0 bridgehead atoms. The van der Waals surface area contributed by atoms with Crippen molar-refractivity contribution in [1.29, 1.82) is 0 Å². The average Bonchev–Trinajstić information content (AvgIpc) is 2.68. The molecule has 1 N–H and O–H groups in total. The fraction of sp³-hybridized carbons (Fsp3) is 0.389. The molecule has 0 atom stereocenters. The normalized spacial score (nSPS) is 17.6. The van der Waals surface area contributed by atoms with E-state index in [9.17, 15) is 8.42 Å². The second kappa shape index (κ2) is 7.24. The molecule has 1 fully saturated rings. The number of piperazine rings is 1. The zero-order valence-corrected chi connectivity index (χ0v) is 15.9. The number of hydrogen-bond donors (Lipinski definition) is 1. The first-order valence-electron chi connectivity index (χ1n) is 8.83. The van der Waals surface area contributed by atoms with Crippen molar-refractivity contribution in [3.63, 3.8) is 0 Å². The van der Waals surface area contributed by atoms with E-state index in [1.807, 2.05) is 6.07 Å². The third-order valence-electron chi connectivity index (χ3n) is 4.68. The van der Waals surface area contributed by atoms with Crippen LogP contribution in [0, 0.1) is 0 Å². The summed E-state index contributed by atoms with van der Waals surface area (Å²) in [6.45, 7) is 4.72. The molecule has 3 heterocycles. The van der Waals surface area contributed by atoms with Gasteiger partial charge in [-0.25, -0.2) is 13.4 Å². The van der Waals surface area contributed by atoms with Gasteiger partial charge in [0.2, 0.25) is 0 Å². The molecule has 1 saturated heterocycles. The first-order chi connectivity index (χ1) is 13.0. The number of nitrogens with one attached hydrogen (secondary N) is 1. The summed E-state index contributed by atoms with van der Waals surface area (Å²) in [5.41, 5.74) is 0.991. The number of sulfonamides is 1. The molecule has 9 heteroatoms. The van der Waals surface area contributed by atoms with Crippen LogP contribution in [0.25, 0.3) is 0 Å². The Balaban J connectivity index is 1.48. The minimum Gasteiger partial charge on any atom is -0.486 e. The summed E-state index contributed by atoms with van der Waals surface area (Å²) in [5.74, 6) is 1.26. The Morgan fingerprint density at radius 1 is 1.00 bits per heavy atom.